The van der Waals surface area contributed by atoms with Crippen LogP contribution in [0.5, 0.6) is 0 Å². The number of aromatic nitrogens is 6. The van der Waals surface area contributed by atoms with Crippen molar-refractivity contribution in [2.75, 3.05) is 29.1 Å². The molecule has 3 atom stereocenters. The van der Waals surface area contributed by atoms with Crippen molar-refractivity contribution >= 4 is 40.9 Å². The van der Waals surface area contributed by atoms with E-state index in [1.807, 2.05) is 36.6 Å². The largest absolute Gasteiger partial charge is 0.362 e. The highest BCUT2D eigenvalue weighted by atomic mass is 16.2. The zero-order valence-electron chi connectivity index (χ0n) is 24.4. The molecule has 43 heavy (non-hydrogen) atoms. The minimum Gasteiger partial charge on any atom is -0.362 e. The number of hydrogen-bond acceptors (Lipinski definition) is 9. The molecule has 3 aliphatic rings. The van der Waals surface area contributed by atoms with E-state index in [2.05, 4.69) is 36.6 Å². The molecule has 4 aromatic heterocycles. The summed E-state index contributed by atoms with van der Waals surface area (Å²) in [7, 11) is 1.50. The number of urea groups is 1. The first-order valence-corrected chi connectivity index (χ1v) is 14.5. The second kappa shape index (κ2) is 10.1. The minimum atomic E-state index is -0.351. The van der Waals surface area contributed by atoms with Gasteiger partial charge in [0.1, 0.15) is 41.3 Å². The lowest BCUT2D eigenvalue weighted by Crippen LogP contribution is -2.31. The molecular weight excluding hydrogens is 548 g/mol. The Labute approximate surface area is 247 Å². The maximum Gasteiger partial charge on any atom is 0.332 e. The topological polar surface area (TPSA) is 151 Å². The fourth-order valence-corrected chi connectivity index (χ4v) is 5.59. The summed E-state index contributed by atoms with van der Waals surface area (Å²) >= 11 is 0. The Morgan fingerprint density at radius 3 is 2.56 bits per heavy atom. The SMILES string of the molecule is Cc1ccnc(C2CC2C(=O)Nc2cc(NC(C)c3cn4c(N5CC(=O)N(C)C5=O)cc(C5CC5)cc4n3)nc(C)n2)n1. The first-order chi connectivity index (χ1) is 20.6. The van der Waals surface area contributed by atoms with E-state index in [1.165, 1.54) is 11.9 Å². The van der Waals surface area contributed by atoms with Crippen molar-refractivity contribution in [2.24, 2.45) is 5.92 Å². The molecule has 7 rings (SSSR count). The number of nitrogens with one attached hydrogen (secondary N) is 2. The molecule has 2 saturated carbocycles. The van der Waals surface area contributed by atoms with Crippen LogP contribution in [0.2, 0.25) is 0 Å². The van der Waals surface area contributed by atoms with Crippen molar-refractivity contribution in [3.05, 3.63) is 65.3 Å². The van der Waals surface area contributed by atoms with E-state index in [9.17, 15) is 14.4 Å². The number of rotatable bonds is 8. The number of fused-ring (bicyclic) bond motifs is 1. The molecule has 3 unspecified atom stereocenters. The standard InChI is InChI=1S/C30H32N10O3/c1-15-7-8-31-28(32-15)20-11-21(20)29(42)37-24-12-23(34-17(3)35-24)33-16(2)22-13-39-25(36-22)9-19(18-5-6-18)10-26(39)40-14-27(41)38(4)30(40)43/h7-10,12-13,16,18,20-21H,5-6,11,14H2,1-4H3,(H2,33,34,35,37,42). The van der Waals surface area contributed by atoms with Gasteiger partial charge >= 0.3 is 6.03 Å². The number of pyridine rings is 1. The number of imidazole rings is 1. The van der Waals surface area contributed by atoms with Crippen molar-refractivity contribution < 1.29 is 14.4 Å². The molecule has 1 saturated heterocycles. The Balaban J connectivity index is 1.10. The molecule has 13 nitrogen and oxygen atoms in total. The zero-order valence-corrected chi connectivity index (χ0v) is 24.4. The fourth-order valence-electron chi connectivity index (χ4n) is 5.59. The molecule has 0 aromatic carbocycles. The van der Waals surface area contributed by atoms with Crippen molar-refractivity contribution in [2.45, 2.75) is 57.9 Å². The van der Waals surface area contributed by atoms with E-state index >= 15 is 0 Å². The molecule has 2 N–H and O–H groups in total. The van der Waals surface area contributed by atoms with Crippen LogP contribution in [0.3, 0.4) is 0 Å². The second-order valence-electron chi connectivity index (χ2n) is 11.7. The van der Waals surface area contributed by atoms with E-state index in [1.54, 1.807) is 19.2 Å². The van der Waals surface area contributed by atoms with Crippen LogP contribution in [0.25, 0.3) is 5.65 Å². The van der Waals surface area contributed by atoms with Gasteiger partial charge in [0.25, 0.3) is 5.91 Å². The number of imide groups is 1. The van der Waals surface area contributed by atoms with Gasteiger partial charge in [0.2, 0.25) is 5.91 Å². The molecular formula is C30H32N10O3. The number of aryl methyl sites for hydroxylation is 2. The van der Waals surface area contributed by atoms with Gasteiger partial charge < -0.3 is 10.6 Å². The van der Waals surface area contributed by atoms with Crippen molar-refractivity contribution in [3.8, 4) is 0 Å². The first kappa shape index (κ1) is 26.9. The lowest BCUT2D eigenvalue weighted by molar-refractivity contribution is -0.124. The number of carbonyl (C=O) groups excluding carboxylic acids is 3. The fraction of sp³-hybridized carbons (Fsp3) is 0.400. The predicted octanol–water partition coefficient (Wildman–Crippen LogP) is 3.72. The molecule has 0 spiro atoms. The Hall–Kier alpha value is -4.94. The average Bonchev–Trinajstić information content (AvgIpc) is 3.89. The van der Waals surface area contributed by atoms with Gasteiger partial charge in [-0.1, -0.05) is 0 Å². The number of likely N-dealkylation sites (N-methyl/N-ethyl adjacent to an activating group) is 1. The number of nitrogens with zero attached hydrogens (tertiary/aromatic N) is 8. The normalized spacial score (nSPS) is 20.6. The number of carbonyl (C=O) groups is 3. The maximum atomic E-state index is 13.0. The van der Waals surface area contributed by atoms with Crippen molar-refractivity contribution in [1.29, 1.82) is 0 Å². The average molecular weight is 581 g/mol. The molecule has 220 valence electrons. The number of amides is 4. The summed E-state index contributed by atoms with van der Waals surface area (Å²) in [5, 5.41) is 6.31. The molecule has 4 aromatic rings. The molecule has 0 radical (unpaired) electrons. The lowest BCUT2D eigenvalue weighted by atomic mass is 10.1. The maximum absolute atomic E-state index is 13.0. The van der Waals surface area contributed by atoms with E-state index in [0.717, 1.165) is 34.7 Å². The van der Waals surface area contributed by atoms with Gasteiger partial charge in [-0.2, -0.15) is 0 Å². The first-order valence-electron chi connectivity index (χ1n) is 14.5. The predicted molar refractivity (Wildman–Crippen MR) is 158 cm³/mol. The Morgan fingerprint density at radius 2 is 1.84 bits per heavy atom. The Kier molecular flexibility index (Phi) is 6.33. The van der Waals surface area contributed by atoms with Gasteiger partial charge in [-0.25, -0.2) is 29.7 Å². The van der Waals surface area contributed by atoms with Gasteiger partial charge in [-0.3, -0.25) is 23.8 Å². The summed E-state index contributed by atoms with van der Waals surface area (Å²) in [6, 6.07) is 6.98. The third-order valence-corrected chi connectivity index (χ3v) is 8.27. The van der Waals surface area contributed by atoms with Crippen LogP contribution >= 0.6 is 0 Å². The smallest absolute Gasteiger partial charge is 0.332 e. The quantitative estimate of drug-likeness (QED) is 0.297. The highest BCUT2D eigenvalue weighted by molar-refractivity contribution is 6.11. The lowest BCUT2D eigenvalue weighted by Gasteiger charge is -2.18. The monoisotopic (exact) mass is 580 g/mol. The highest BCUT2D eigenvalue weighted by Crippen LogP contribution is 2.46. The van der Waals surface area contributed by atoms with Gasteiger partial charge in [0, 0.05) is 43.0 Å². The van der Waals surface area contributed by atoms with Crippen LogP contribution in [0.1, 0.15) is 72.7 Å². The summed E-state index contributed by atoms with van der Waals surface area (Å²) in [5.41, 5.74) is 3.45. The summed E-state index contributed by atoms with van der Waals surface area (Å²) < 4.78 is 1.87. The van der Waals surface area contributed by atoms with Crippen LogP contribution < -0.4 is 15.5 Å². The number of hydrogen-bond donors (Lipinski definition) is 2. The van der Waals surface area contributed by atoms with Crippen LogP contribution in [0, 0.1) is 19.8 Å². The zero-order chi connectivity index (χ0) is 30.0. The van der Waals surface area contributed by atoms with Gasteiger partial charge in [0.15, 0.2) is 0 Å². The minimum absolute atomic E-state index is 0.00576. The third kappa shape index (κ3) is 5.15. The Morgan fingerprint density at radius 1 is 1.05 bits per heavy atom. The van der Waals surface area contributed by atoms with Crippen LogP contribution in [-0.4, -0.2) is 65.7 Å². The molecule has 0 bridgehead atoms. The molecule has 3 fully saturated rings. The molecule has 5 heterocycles. The van der Waals surface area contributed by atoms with Gasteiger partial charge in [-0.15, -0.1) is 0 Å². The van der Waals surface area contributed by atoms with Gasteiger partial charge in [0.05, 0.1) is 11.7 Å². The summed E-state index contributed by atoms with van der Waals surface area (Å²) in [6.45, 7) is 5.64. The summed E-state index contributed by atoms with van der Waals surface area (Å²) in [4.78, 5) is 63.4. The molecule has 2 aliphatic carbocycles. The number of anilines is 3. The van der Waals surface area contributed by atoms with Crippen LogP contribution in [0.15, 0.2) is 36.7 Å². The van der Waals surface area contributed by atoms with E-state index in [4.69, 9.17) is 4.98 Å². The molecule has 13 heteroatoms. The van der Waals surface area contributed by atoms with Crippen LogP contribution in [-0.2, 0) is 9.59 Å². The van der Waals surface area contributed by atoms with E-state index < -0.39 is 0 Å². The van der Waals surface area contributed by atoms with Crippen molar-refractivity contribution in [3.63, 3.8) is 0 Å². The highest BCUT2D eigenvalue weighted by Gasteiger charge is 2.46. The molecule has 1 aliphatic heterocycles. The van der Waals surface area contributed by atoms with E-state index in [-0.39, 0.29) is 42.3 Å². The second-order valence-corrected chi connectivity index (χ2v) is 11.7. The van der Waals surface area contributed by atoms with Gasteiger partial charge in [-0.05, 0) is 69.7 Å². The molecule has 4 amide bonds. The summed E-state index contributed by atoms with van der Waals surface area (Å²) in [5.74, 6) is 2.69. The third-order valence-electron chi connectivity index (χ3n) is 8.27. The summed E-state index contributed by atoms with van der Waals surface area (Å²) in [6.07, 6.45) is 6.50. The van der Waals surface area contributed by atoms with E-state index in [0.29, 0.717) is 47.1 Å². The Bertz CT molecular complexity index is 1800. The van der Waals surface area contributed by atoms with Crippen molar-refractivity contribution in [1.82, 2.24) is 34.2 Å². The van der Waals surface area contributed by atoms with Crippen LogP contribution in [0.4, 0.5) is 22.2 Å².